The molecule has 0 N–H and O–H groups in total. The maximum atomic E-state index is 6.08. The molecule has 0 radical (unpaired) electrons. The van der Waals surface area contributed by atoms with E-state index in [-0.39, 0.29) is 0 Å². The molecule has 0 spiro atoms. The van der Waals surface area contributed by atoms with Gasteiger partial charge >= 0.3 is 0 Å². The van der Waals surface area contributed by atoms with Crippen molar-refractivity contribution in [3.63, 3.8) is 0 Å². The summed E-state index contributed by atoms with van der Waals surface area (Å²) >= 11 is 0. The number of nitrogens with zero attached hydrogens (tertiary/aromatic N) is 4. The van der Waals surface area contributed by atoms with Crippen LogP contribution in [0.5, 0.6) is 0 Å². The van der Waals surface area contributed by atoms with E-state index in [2.05, 4.69) is 19.8 Å². The van der Waals surface area contributed by atoms with Crippen molar-refractivity contribution in [3.8, 4) is 0 Å². The summed E-state index contributed by atoms with van der Waals surface area (Å²) in [5.41, 5.74) is 1.20. The van der Waals surface area contributed by atoms with E-state index in [9.17, 15) is 0 Å². The Morgan fingerprint density at radius 1 is 1.05 bits per heavy atom. The molecule has 2 fully saturated rings. The number of likely N-dealkylation sites (tertiary alicyclic amines) is 1. The first-order valence-electron chi connectivity index (χ1n) is 8.63. The van der Waals surface area contributed by atoms with Crippen LogP contribution in [0.2, 0.25) is 0 Å². The van der Waals surface area contributed by atoms with Crippen molar-refractivity contribution in [1.82, 2.24) is 19.8 Å². The lowest BCUT2D eigenvalue weighted by atomic mass is 10.1. The van der Waals surface area contributed by atoms with Gasteiger partial charge in [0.25, 0.3) is 0 Å². The van der Waals surface area contributed by atoms with E-state index in [0.29, 0.717) is 6.10 Å². The first kappa shape index (κ1) is 15.8. The largest absolute Gasteiger partial charge is 0.376 e. The molecule has 122 valence electrons. The van der Waals surface area contributed by atoms with Gasteiger partial charge in [-0.3, -0.25) is 4.90 Å². The summed E-state index contributed by atoms with van der Waals surface area (Å²) in [6.07, 6.45) is 9.44. The van der Waals surface area contributed by atoms with Crippen LogP contribution in [0.15, 0.2) is 12.4 Å². The van der Waals surface area contributed by atoms with Gasteiger partial charge in [0.2, 0.25) is 0 Å². The number of ether oxygens (including phenoxy) is 1. The van der Waals surface area contributed by atoms with Crippen molar-refractivity contribution in [1.29, 1.82) is 0 Å². The fourth-order valence-electron chi connectivity index (χ4n) is 3.41. The van der Waals surface area contributed by atoms with Crippen LogP contribution in [0, 0.1) is 6.92 Å². The molecule has 0 bridgehead atoms. The third-order valence-electron chi connectivity index (χ3n) is 4.59. The second-order valence-corrected chi connectivity index (χ2v) is 6.58. The Bertz CT molecular complexity index is 444. The molecular weight excluding hydrogens is 276 g/mol. The summed E-state index contributed by atoms with van der Waals surface area (Å²) in [5.74, 6) is 0.839. The summed E-state index contributed by atoms with van der Waals surface area (Å²) in [7, 11) is 0. The van der Waals surface area contributed by atoms with Crippen LogP contribution in [0.3, 0.4) is 0 Å². The van der Waals surface area contributed by atoms with E-state index in [1.54, 1.807) is 0 Å². The normalized spacial score (nSPS) is 25.0. The quantitative estimate of drug-likeness (QED) is 0.849. The fourth-order valence-corrected chi connectivity index (χ4v) is 3.41. The molecule has 3 heterocycles. The van der Waals surface area contributed by atoms with E-state index < -0.39 is 0 Å². The maximum absolute atomic E-state index is 6.08. The Hall–Kier alpha value is -1.04. The SMILES string of the molecule is Cc1ncc(CN2CCCO[C@@H](CN3CCCCC3)C2)cn1. The second-order valence-electron chi connectivity index (χ2n) is 6.58. The molecule has 1 aromatic rings. The molecule has 1 atom stereocenters. The molecule has 1 aromatic heterocycles. The monoisotopic (exact) mass is 304 g/mol. The van der Waals surface area contributed by atoms with Gasteiger partial charge in [-0.05, 0) is 39.3 Å². The zero-order valence-electron chi connectivity index (χ0n) is 13.7. The second kappa shape index (κ2) is 7.99. The first-order chi connectivity index (χ1) is 10.8. The van der Waals surface area contributed by atoms with Crippen molar-refractivity contribution >= 4 is 0 Å². The van der Waals surface area contributed by atoms with Gasteiger partial charge in [0.15, 0.2) is 0 Å². The van der Waals surface area contributed by atoms with E-state index >= 15 is 0 Å². The number of rotatable bonds is 4. The highest BCUT2D eigenvalue weighted by atomic mass is 16.5. The minimum Gasteiger partial charge on any atom is -0.376 e. The third-order valence-corrected chi connectivity index (χ3v) is 4.59. The van der Waals surface area contributed by atoms with E-state index in [1.807, 2.05) is 19.3 Å². The number of aromatic nitrogens is 2. The van der Waals surface area contributed by atoms with Crippen LogP contribution >= 0.6 is 0 Å². The number of hydrogen-bond acceptors (Lipinski definition) is 5. The zero-order chi connectivity index (χ0) is 15.2. The number of piperidine rings is 1. The zero-order valence-corrected chi connectivity index (χ0v) is 13.7. The number of aryl methyl sites for hydroxylation is 1. The van der Waals surface area contributed by atoms with Crippen LogP contribution in [0.4, 0.5) is 0 Å². The van der Waals surface area contributed by atoms with Crippen molar-refractivity contribution in [2.75, 3.05) is 39.3 Å². The standard InChI is InChI=1S/C17H28N4O/c1-15-18-10-16(11-19-15)12-21-8-5-9-22-17(14-21)13-20-6-3-2-4-7-20/h10-11,17H,2-9,12-14H2,1H3/t17-/m0/s1. The lowest BCUT2D eigenvalue weighted by Crippen LogP contribution is -2.42. The van der Waals surface area contributed by atoms with Gasteiger partial charge < -0.3 is 9.64 Å². The van der Waals surface area contributed by atoms with Crippen molar-refractivity contribution in [2.45, 2.75) is 45.3 Å². The molecule has 2 saturated heterocycles. The van der Waals surface area contributed by atoms with Gasteiger partial charge in [-0.15, -0.1) is 0 Å². The molecule has 0 amide bonds. The molecular formula is C17H28N4O. The van der Waals surface area contributed by atoms with Gasteiger partial charge in [-0.2, -0.15) is 0 Å². The van der Waals surface area contributed by atoms with Crippen molar-refractivity contribution in [3.05, 3.63) is 23.8 Å². The lowest BCUT2D eigenvalue weighted by Gasteiger charge is -2.31. The minimum atomic E-state index is 0.340. The predicted molar refractivity (Wildman–Crippen MR) is 86.7 cm³/mol. The third kappa shape index (κ3) is 4.73. The van der Waals surface area contributed by atoms with E-state index in [0.717, 1.165) is 45.0 Å². The summed E-state index contributed by atoms with van der Waals surface area (Å²) in [6, 6.07) is 0. The van der Waals surface area contributed by atoms with Crippen molar-refractivity contribution < 1.29 is 4.74 Å². The Labute approximate surface area is 133 Å². The van der Waals surface area contributed by atoms with Crippen LogP contribution in [0.1, 0.15) is 37.1 Å². The van der Waals surface area contributed by atoms with Gasteiger partial charge in [0.05, 0.1) is 6.10 Å². The molecule has 5 nitrogen and oxygen atoms in total. The number of hydrogen-bond donors (Lipinski definition) is 0. The van der Waals surface area contributed by atoms with E-state index in [1.165, 1.54) is 37.9 Å². The Balaban J connectivity index is 1.53. The highest BCUT2D eigenvalue weighted by molar-refractivity contribution is 5.04. The minimum absolute atomic E-state index is 0.340. The van der Waals surface area contributed by atoms with Crippen LogP contribution in [-0.4, -0.2) is 65.2 Å². The highest BCUT2D eigenvalue weighted by Gasteiger charge is 2.22. The maximum Gasteiger partial charge on any atom is 0.125 e. The molecule has 5 heteroatoms. The van der Waals surface area contributed by atoms with Crippen LogP contribution in [0.25, 0.3) is 0 Å². The first-order valence-corrected chi connectivity index (χ1v) is 8.63. The average Bonchev–Trinajstić information content (AvgIpc) is 2.76. The molecule has 2 aliphatic rings. The summed E-state index contributed by atoms with van der Waals surface area (Å²) < 4.78 is 6.08. The molecule has 2 aliphatic heterocycles. The molecule has 3 rings (SSSR count). The van der Waals surface area contributed by atoms with Crippen LogP contribution in [-0.2, 0) is 11.3 Å². The predicted octanol–water partition coefficient (Wildman–Crippen LogP) is 1.86. The molecule has 0 unspecified atom stereocenters. The lowest BCUT2D eigenvalue weighted by molar-refractivity contribution is 0.0216. The van der Waals surface area contributed by atoms with Gasteiger partial charge in [0.1, 0.15) is 5.82 Å². The molecule has 0 saturated carbocycles. The highest BCUT2D eigenvalue weighted by Crippen LogP contribution is 2.14. The summed E-state index contributed by atoms with van der Waals surface area (Å²) in [4.78, 5) is 13.7. The van der Waals surface area contributed by atoms with E-state index in [4.69, 9.17) is 4.74 Å². The molecule has 0 aromatic carbocycles. The smallest absolute Gasteiger partial charge is 0.125 e. The Kier molecular flexibility index (Phi) is 5.76. The topological polar surface area (TPSA) is 41.5 Å². The average molecular weight is 304 g/mol. The molecule has 22 heavy (non-hydrogen) atoms. The Morgan fingerprint density at radius 3 is 2.55 bits per heavy atom. The van der Waals surface area contributed by atoms with Crippen molar-refractivity contribution in [2.24, 2.45) is 0 Å². The summed E-state index contributed by atoms with van der Waals surface area (Å²) in [6.45, 7) is 9.44. The van der Waals surface area contributed by atoms with Gasteiger partial charge in [0, 0.05) is 50.7 Å². The summed E-state index contributed by atoms with van der Waals surface area (Å²) in [5, 5.41) is 0. The Morgan fingerprint density at radius 2 is 1.77 bits per heavy atom. The van der Waals surface area contributed by atoms with Gasteiger partial charge in [-0.1, -0.05) is 6.42 Å². The van der Waals surface area contributed by atoms with Gasteiger partial charge in [-0.25, -0.2) is 9.97 Å². The fraction of sp³-hybridized carbons (Fsp3) is 0.765. The molecule has 0 aliphatic carbocycles. The van der Waals surface area contributed by atoms with Crippen LogP contribution < -0.4 is 0 Å².